The Morgan fingerprint density at radius 3 is 2.53 bits per heavy atom. The van der Waals surface area contributed by atoms with Gasteiger partial charge < -0.3 is 15.3 Å². The number of benzene rings is 1. The third-order valence-corrected chi connectivity index (χ3v) is 2.61. The summed E-state index contributed by atoms with van der Waals surface area (Å²) in [5.74, 6) is -2.21. The Labute approximate surface area is 111 Å². The lowest BCUT2D eigenvalue weighted by molar-refractivity contribution is 0.0692. The lowest BCUT2D eigenvalue weighted by Crippen LogP contribution is -2.35. The number of carboxylic acid groups (broad SMARTS) is 1. The fourth-order valence-electron chi connectivity index (χ4n) is 1.64. The first-order chi connectivity index (χ1) is 8.99. The van der Waals surface area contributed by atoms with Gasteiger partial charge in [-0.2, -0.15) is 0 Å². The van der Waals surface area contributed by atoms with Crippen LogP contribution in [0.3, 0.4) is 0 Å². The number of anilines is 1. The molecule has 0 unspecified atom stereocenters. The zero-order valence-corrected chi connectivity index (χ0v) is 10.9. The quantitative estimate of drug-likeness (QED) is 0.862. The zero-order valence-electron chi connectivity index (χ0n) is 10.9. The van der Waals surface area contributed by atoms with Gasteiger partial charge in [-0.3, -0.25) is 0 Å². The maximum absolute atomic E-state index is 13.4. The second-order valence-electron chi connectivity index (χ2n) is 4.01. The molecule has 2 N–H and O–H groups in total. The van der Waals surface area contributed by atoms with Crippen molar-refractivity contribution in [1.29, 1.82) is 0 Å². The van der Waals surface area contributed by atoms with Crippen molar-refractivity contribution in [2.75, 3.05) is 18.4 Å². The Kier molecular flexibility index (Phi) is 5.29. The minimum absolute atomic E-state index is 0.238. The van der Waals surface area contributed by atoms with Crippen LogP contribution >= 0.6 is 0 Å². The number of carbonyl (C=O) groups is 2. The molecule has 0 heterocycles. The molecule has 0 radical (unpaired) electrons. The van der Waals surface area contributed by atoms with Gasteiger partial charge in [-0.1, -0.05) is 6.92 Å². The molecule has 0 saturated heterocycles. The molecule has 0 fully saturated rings. The van der Waals surface area contributed by atoms with E-state index in [2.05, 4.69) is 5.32 Å². The van der Waals surface area contributed by atoms with E-state index in [1.807, 2.05) is 13.8 Å². The molecule has 6 heteroatoms. The number of urea groups is 1. The number of nitrogens with zero attached hydrogens (tertiary/aromatic N) is 1. The second-order valence-corrected chi connectivity index (χ2v) is 4.01. The molecule has 0 bridgehead atoms. The van der Waals surface area contributed by atoms with E-state index in [0.717, 1.165) is 18.6 Å². The first-order valence-electron chi connectivity index (χ1n) is 6.08. The van der Waals surface area contributed by atoms with Crippen LogP contribution in [0.4, 0.5) is 14.9 Å². The Hall–Kier alpha value is -2.11. The highest BCUT2D eigenvalue weighted by Crippen LogP contribution is 2.15. The molecule has 0 atom stereocenters. The number of aromatic carboxylic acids is 1. The molecule has 0 spiro atoms. The summed E-state index contributed by atoms with van der Waals surface area (Å²) < 4.78 is 13.4. The fourth-order valence-corrected chi connectivity index (χ4v) is 1.64. The second kappa shape index (κ2) is 6.72. The number of hydrogen-bond donors (Lipinski definition) is 2. The van der Waals surface area contributed by atoms with E-state index in [0.29, 0.717) is 13.1 Å². The van der Waals surface area contributed by atoms with Crippen LogP contribution in [0.2, 0.25) is 0 Å². The Balaban J connectivity index is 2.80. The predicted molar refractivity (Wildman–Crippen MR) is 69.9 cm³/mol. The van der Waals surface area contributed by atoms with E-state index in [1.165, 1.54) is 6.07 Å². The van der Waals surface area contributed by atoms with Gasteiger partial charge >= 0.3 is 12.0 Å². The molecule has 2 amide bonds. The molecule has 0 aliphatic rings. The lowest BCUT2D eigenvalue weighted by atomic mass is 10.2. The van der Waals surface area contributed by atoms with Crippen LogP contribution in [0.5, 0.6) is 0 Å². The molecule has 104 valence electrons. The normalized spacial score (nSPS) is 10.1. The Bertz CT molecular complexity index is 477. The van der Waals surface area contributed by atoms with Gasteiger partial charge in [0.2, 0.25) is 0 Å². The van der Waals surface area contributed by atoms with Gasteiger partial charge in [0.1, 0.15) is 5.82 Å². The van der Waals surface area contributed by atoms with Gasteiger partial charge in [-0.05, 0) is 31.5 Å². The van der Waals surface area contributed by atoms with E-state index in [9.17, 15) is 14.0 Å². The van der Waals surface area contributed by atoms with Crippen molar-refractivity contribution < 1.29 is 19.1 Å². The van der Waals surface area contributed by atoms with E-state index < -0.39 is 17.3 Å². The van der Waals surface area contributed by atoms with Crippen LogP contribution in [0.15, 0.2) is 18.2 Å². The summed E-state index contributed by atoms with van der Waals surface area (Å²) in [7, 11) is 0. The molecule has 5 nitrogen and oxygen atoms in total. The van der Waals surface area contributed by atoms with E-state index in [1.54, 1.807) is 4.90 Å². The number of amides is 2. The molecular weight excluding hydrogens is 251 g/mol. The molecule has 1 aromatic rings. The first-order valence-corrected chi connectivity index (χ1v) is 6.08. The minimum atomic E-state index is -1.34. The molecule has 0 aliphatic carbocycles. The summed E-state index contributed by atoms with van der Waals surface area (Å²) in [6, 6.07) is 3.17. The van der Waals surface area contributed by atoms with Crippen LogP contribution in [0, 0.1) is 5.82 Å². The van der Waals surface area contributed by atoms with Gasteiger partial charge in [0.15, 0.2) is 0 Å². The van der Waals surface area contributed by atoms with Crippen molar-refractivity contribution in [2.45, 2.75) is 20.3 Å². The summed E-state index contributed by atoms with van der Waals surface area (Å²) in [6.07, 6.45) is 0.827. The van der Waals surface area contributed by atoms with Crippen LogP contribution < -0.4 is 5.32 Å². The molecule has 1 rings (SSSR count). The van der Waals surface area contributed by atoms with Crippen molar-refractivity contribution in [3.05, 3.63) is 29.6 Å². The molecular formula is C13H17FN2O3. The van der Waals surface area contributed by atoms with Gasteiger partial charge in [0.25, 0.3) is 0 Å². The average molecular weight is 268 g/mol. The first kappa shape index (κ1) is 14.9. The average Bonchev–Trinajstić information content (AvgIpc) is 2.35. The summed E-state index contributed by atoms with van der Waals surface area (Å²) in [5.41, 5.74) is -0.180. The van der Waals surface area contributed by atoms with E-state index >= 15 is 0 Å². The van der Waals surface area contributed by atoms with Crippen molar-refractivity contribution >= 4 is 17.7 Å². The van der Waals surface area contributed by atoms with Crippen molar-refractivity contribution in [3.63, 3.8) is 0 Å². The maximum atomic E-state index is 13.4. The van der Waals surface area contributed by atoms with Crippen LogP contribution in [0.25, 0.3) is 0 Å². The molecule has 0 aliphatic heterocycles. The summed E-state index contributed by atoms with van der Waals surface area (Å²) in [5, 5.41) is 11.2. The van der Waals surface area contributed by atoms with Crippen molar-refractivity contribution in [2.24, 2.45) is 0 Å². The van der Waals surface area contributed by atoms with E-state index in [-0.39, 0.29) is 11.7 Å². The molecule has 0 aromatic heterocycles. The Morgan fingerprint density at radius 2 is 2.05 bits per heavy atom. The molecule has 0 saturated carbocycles. The van der Waals surface area contributed by atoms with E-state index in [4.69, 9.17) is 5.11 Å². The van der Waals surface area contributed by atoms with Gasteiger partial charge in [0.05, 0.1) is 5.56 Å². The van der Waals surface area contributed by atoms with Crippen molar-refractivity contribution in [1.82, 2.24) is 4.90 Å². The van der Waals surface area contributed by atoms with Crippen LogP contribution in [-0.2, 0) is 0 Å². The molecule has 19 heavy (non-hydrogen) atoms. The third kappa shape index (κ3) is 3.94. The summed E-state index contributed by atoms with van der Waals surface area (Å²) in [6.45, 7) is 4.97. The number of rotatable bonds is 5. The fraction of sp³-hybridized carbons (Fsp3) is 0.385. The van der Waals surface area contributed by atoms with Crippen LogP contribution in [0.1, 0.15) is 30.6 Å². The molecule has 1 aromatic carbocycles. The highest BCUT2D eigenvalue weighted by atomic mass is 19.1. The number of carbonyl (C=O) groups excluding carboxylic acids is 1. The SMILES string of the molecule is CCCN(CC)C(=O)Nc1ccc(C(=O)O)c(F)c1. The number of nitrogens with one attached hydrogen (secondary N) is 1. The number of hydrogen-bond acceptors (Lipinski definition) is 2. The number of carboxylic acids is 1. The smallest absolute Gasteiger partial charge is 0.338 e. The monoisotopic (exact) mass is 268 g/mol. The topological polar surface area (TPSA) is 69.6 Å². The maximum Gasteiger partial charge on any atom is 0.338 e. The largest absolute Gasteiger partial charge is 0.478 e. The van der Waals surface area contributed by atoms with Gasteiger partial charge in [-0.15, -0.1) is 0 Å². The summed E-state index contributed by atoms with van der Waals surface area (Å²) in [4.78, 5) is 24.1. The highest BCUT2D eigenvalue weighted by molar-refractivity contribution is 5.91. The van der Waals surface area contributed by atoms with Gasteiger partial charge in [0, 0.05) is 18.8 Å². The zero-order chi connectivity index (χ0) is 14.4. The lowest BCUT2D eigenvalue weighted by Gasteiger charge is -2.20. The third-order valence-electron chi connectivity index (χ3n) is 2.61. The standard InChI is InChI=1S/C13H17FN2O3/c1-3-7-16(4-2)13(19)15-9-5-6-10(12(17)18)11(14)8-9/h5-6,8H,3-4,7H2,1-2H3,(H,15,19)(H,17,18). The van der Waals surface area contributed by atoms with Crippen LogP contribution in [-0.4, -0.2) is 35.1 Å². The summed E-state index contributed by atoms with van der Waals surface area (Å²) >= 11 is 0. The minimum Gasteiger partial charge on any atom is -0.478 e. The Morgan fingerprint density at radius 1 is 1.37 bits per heavy atom. The van der Waals surface area contributed by atoms with Gasteiger partial charge in [-0.25, -0.2) is 14.0 Å². The number of halogens is 1. The highest BCUT2D eigenvalue weighted by Gasteiger charge is 2.14. The van der Waals surface area contributed by atoms with Crippen molar-refractivity contribution in [3.8, 4) is 0 Å². The predicted octanol–water partition coefficient (Wildman–Crippen LogP) is 2.79.